The summed E-state index contributed by atoms with van der Waals surface area (Å²) in [5, 5.41) is 4.93. The maximum Gasteiger partial charge on any atom is 0.213 e. The first-order valence-electron chi connectivity index (χ1n) is 14.2. The van der Waals surface area contributed by atoms with Gasteiger partial charge in [-0.3, -0.25) is 5.32 Å². The molecule has 1 N–H and O–H groups in total. The molecule has 3 aliphatic heterocycles. The van der Waals surface area contributed by atoms with Crippen molar-refractivity contribution in [1.82, 2.24) is 5.32 Å². The number of aromatic nitrogens is 1. The number of pyridine rings is 1. The number of allylic oxidation sites excluding steroid dienone is 3. The first-order valence-corrected chi connectivity index (χ1v) is 17.7. The summed E-state index contributed by atoms with van der Waals surface area (Å²) in [4.78, 5) is 5.19. The molecule has 39 heavy (non-hydrogen) atoms. The fraction of sp³-hybridized carbons (Fsp3) is 0.412. The van der Waals surface area contributed by atoms with Gasteiger partial charge in [0.2, 0.25) is 11.7 Å². The summed E-state index contributed by atoms with van der Waals surface area (Å²) in [5.41, 5.74) is 9.61. The number of hydrogen-bond acceptors (Lipinski definition) is 3. The van der Waals surface area contributed by atoms with Gasteiger partial charge in [-0.15, -0.1) is 0 Å². The first kappa shape index (κ1) is 27.5. The van der Waals surface area contributed by atoms with Gasteiger partial charge in [0.25, 0.3) is 0 Å². The second-order valence-electron chi connectivity index (χ2n) is 13.5. The van der Waals surface area contributed by atoms with Gasteiger partial charge in [0.15, 0.2) is 6.20 Å². The third-order valence-electron chi connectivity index (χ3n) is 8.18. The number of rotatable bonds is 3. The van der Waals surface area contributed by atoms with Crippen LogP contribution in [0.4, 0.5) is 0 Å². The SMILES string of the molecule is C=CC1=NC(=C)C2C(CCC3=C1C(=C)OCNC3)c1ccccc1-c1cc(CC(C)(C)C)c([Si](C)(C)C)c[n+]12. The molecule has 0 saturated heterocycles. The van der Waals surface area contributed by atoms with E-state index in [-0.39, 0.29) is 17.4 Å². The topological polar surface area (TPSA) is 37.5 Å². The quantitative estimate of drug-likeness (QED) is 0.347. The van der Waals surface area contributed by atoms with E-state index in [0.717, 1.165) is 42.8 Å². The van der Waals surface area contributed by atoms with E-state index in [2.05, 4.69) is 107 Å². The first-order chi connectivity index (χ1) is 18.4. The van der Waals surface area contributed by atoms with E-state index in [1.54, 1.807) is 0 Å². The van der Waals surface area contributed by atoms with Crippen molar-refractivity contribution in [2.45, 2.75) is 71.6 Å². The molecule has 0 spiro atoms. The zero-order valence-electron chi connectivity index (χ0n) is 24.7. The van der Waals surface area contributed by atoms with E-state index >= 15 is 0 Å². The Balaban J connectivity index is 1.76. The largest absolute Gasteiger partial charge is 0.478 e. The number of nitrogens with zero attached hydrogens (tertiary/aromatic N) is 2. The summed E-state index contributed by atoms with van der Waals surface area (Å²) in [7, 11) is -1.65. The lowest BCUT2D eigenvalue weighted by atomic mass is 9.78. The van der Waals surface area contributed by atoms with Crippen molar-refractivity contribution in [3.8, 4) is 11.3 Å². The van der Waals surface area contributed by atoms with Gasteiger partial charge in [-0.2, -0.15) is 4.57 Å². The van der Waals surface area contributed by atoms with Crippen LogP contribution in [0.1, 0.15) is 56.7 Å². The lowest BCUT2D eigenvalue weighted by Gasteiger charge is -2.33. The lowest BCUT2D eigenvalue weighted by Crippen LogP contribution is -2.54. The summed E-state index contributed by atoms with van der Waals surface area (Å²) >= 11 is 0. The van der Waals surface area contributed by atoms with Crippen LogP contribution in [0.2, 0.25) is 19.6 Å². The Kier molecular flexibility index (Phi) is 7.19. The molecule has 1 aromatic carbocycles. The monoisotopic (exact) mass is 538 g/mol. The molecule has 204 valence electrons. The molecule has 1 aromatic heterocycles. The molecule has 0 aliphatic carbocycles. The summed E-state index contributed by atoms with van der Waals surface area (Å²) in [5.74, 6) is 0.917. The van der Waals surface area contributed by atoms with Crippen molar-refractivity contribution >= 4 is 19.0 Å². The summed E-state index contributed by atoms with van der Waals surface area (Å²) in [6.45, 7) is 28.6. The van der Waals surface area contributed by atoms with Crippen molar-refractivity contribution in [2.24, 2.45) is 10.4 Å². The van der Waals surface area contributed by atoms with Crippen molar-refractivity contribution in [1.29, 1.82) is 0 Å². The van der Waals surface area contributed by atoms with Crippen LogP contribution in [0.5, 0.6) is 0 Å². The Morgan fingerprint density at radius 1 is 1.18 bits per heavy atom. The van der Waals surface area contributed by atoms with Crippen LogP contribution in [0.25, 0.3) is 11.3 Å². The zero-order chi connectivity index (χ0) is 28.1. The van der Waals surface area contributed by atoms with Crippen LogP contribution in [-0.4, -0.2) is 27.1 Å². The molecule has 4 nitrogen and oxygen atoms in total. The number of nitrogens with one attached hydrogen (secondary N) is 1. The van der Waals surface area contributed by atoms with E-state index in [9.17, 15) is 0 Å². The van der Waals surface area contributed by atoms with Gasteiger partial charge < -0.3 is 4.74 Å². The van der Waals surface area contributed by atoms with Crippen molar-refractivity contribution in [3.05, 3.63) is 96.1 Å². The molecule has 2 aromatic rings. The fourth-order valence-corrected chi connectivity index (χ4v) is 8.21. The van der Waals surface area contributed by atoms with Crippen molar-refractivity contribution in [2.75, 3.05) is 13.3 Å². The zero-order valence-corrected chi connectivity index (χ0v) is 25.7. The molecule has 0 radical (unpaired) electrons. The van der Waals surface area contributed by atoms with Gasteiger partial charge in [0, 0.05) is 28.9 Å². The predicted octanol–water partition coefficient (Wildman–Crippen LogP) is 6.74. The van der Waals surface area contributed by atoms with Crippen molar-refractivity contribution < 1.29 is 9.30 Å². The number of benzene rings is 1. The van der Waals surface area contributed by atoms with Crippen LogP contribution in [-0.2, 0) is 11.2 Å². The molecule has 3 aliphatic rings. The van der Waals surface area contributed by atoms with Gasteiger partial charge in [-0.1, -0.05) is 78.3 Å². The Labute approximate surface area is 235 Å². The van der Waals surface area contributed by atoms with Gasteiger partial charge in [-0.25, -0.2) is 4.99 Å². The van der Waals surface area contributed by atoms with Gasteiger partial charge >= 0.3 is 0 Å². The molecule has 2 atom stereocenters. The number of fused-ring (bicyclic) bond motifs is 6. The molecule has 0 bridgehead atoms. The third-order valence-corrected chi connectivity index (χ3v) is 10.2. The minimum absolute atomic E-state index is 0.0225. The van der Waals surface area contributed by atoms with E-state index in [0.29, 0.717) is 12.5 Å². The molecule has 5 heteroatoms. The minimum atomic E-state index is -1.65. The fourth-order valence-electron chi connectivity index (χ4n) is 6.56. The highest BCUT2D eigenvalue weighted by Crippen LogP contribution is 2.45. The second-order valence-corrected chi connectivity index (χ2v) is 18.5. The average molecular weight is 539 g/mol. The average Bonchev–Trinajstić information content (AvgIpc) is 3.00. The van der Waals surface area contributed by atoms with Gasteiger partial charge in [-0.05, 0) is 53.5 Å². The second kappa shape index (κ2) is 10.2. The van der Waals surface area contributed by atoms with E-state index in [1.165, 1.54) is 33.1 Å². The highest BCUT2D eigenvalue weighted by atomic mass is 28.3. The van der Waals surface area contributed by atoms with Crippen LogP contribution in [0, 0.1) is 5.41 Å². The van der Waals surface area contributed by atoms with Crippen LogP contribution in [0.3, 0.4) is 0 Å². The molecule has 4 heterocycles. The summed E-state index contributed by atoms with van der Waals surface area (Å²) in [6.07, 6.45) is 7.29. The van der Waals surface area contributed by atoms with Crippen molar-refractivity contribution in [3.63, 3.8) is 0 Å². The van der Waals surface area contributed by atoms with Crippen LogP contribution >= 0.6 is 0 Å². The Hall–Kier alpha value is -3.02. The highest BCUT2D eigenvalue weighted by molar-refractivity contribution is 6.89. The highest BCUT2D eigenvalue weighted by Gasteiger charge is 2.44. The smallest absolute Gasteiger partial charge is 0.213 e. The van der Waals surface area contributed by atoms with E-state index in [4.69, 9.17) is 9.73 Å². The Morgan fingerprint density at radius 2 is 1.92 bits per heavy atom. The van der Waals surface area contributed by atoms with Crippen LogP contribution < -0.4 is 15.1 Å². The summed E-state index contributed by atoms with van der Waals surface area (Å²) in [6, 6.07) is 11.5. The molecule has 2 unspecified atom stereocenters. The standard InChI is InChI=1S/C34H44N3OSi/c1-10-29-32-23(3)38-21-35-19-24(32)15-16-28-26-13-11-12-14-27(26)30-17-25(18-34(4,5)6)31(39(7,8)9)20-37(30)33(28)22(2)36-29/h10-14,17,20,28,33,35H,1-3,15-16,18-19,21H2,4-9H3/q+1. The van der Waals surface area contributed by atoms with Gasteiger partial charge in [0.05, 0.1) is 19.7 Å². The molecule has 0 saturated carbocycles. The number of aliphatic imine (C=N–C) groups is 1. The number of hydrogen-bond donors (Lipinski definition) is 1. The van der Waals surface area contributed by atoms with Crippen LogP contribution in [0.15, 0.2) is 89.9 Å². The lowest BCUT2D eigenvalue weighted by molar-refractivity contribution is -0.708. The molecule has 0 amide bonds. The Bertz CT molecular complexity index is 1420. The molecular formula is C34H44N3OSi+. The van der Waals surface area contributed by atoms with E-state index < -0.39 is 8.07 Å². The van der Waals surface area contributed by atoms with Gasteiger partial charge in [0.1, 0.15) is 18.2 Å². The number of ether oxygens (including phenoxy) is 1. The molecule has 5 rings (SSSR count). The Morgan fingerprint density at radius 3 is 2.62 bits per heavy atom. The third kappa shape index (κ3) is 5.27. The maximum atomic E-state index is 5.89. The molecular weight excluding hydrogens is 494 g/mol. The minimum Gasteiger partial charge on any atom is -0.478 e. The van der Waals surface area contributed by atoms with E-state index in [1.807, 2.05) is 6.08 Å². The normalized spacial score (nSPS) is 21.6. The molecule has 0 fully saturated rings. The maximum absolute atomic E-state index is 5.89. The summed E-state index contributed by atoms with van der Waals surface area (Å²) < 4.78 is 8.41. The predicted molar refractivity (Wildman–Crippen MR) is 166 cm³/mol.